The standard InChI is InChI=1S/C14H11NO2.ClH/c1-3-12-4-2-7-15-14(12)13(5-1)17-10-11-6-8-16-9-11;/h1-9H,10H2;1H. The number of halogens is 1. The molecular weight excluding hydrogens is 250 g/mol. The van der Waals surface area contributed by atoms with Crippen LogP contribution in [-0.4, -0.2) is 4.98 Å². The number of nitrogens with zero attached hydrogens (tertiary/aromatic N) is 1. The van der Waals surface area contributed by atoms with Gasteiger partial charge in [-0.15, -0.1) is 12.4 Å². The molecule has 0 aliphatic rings. The summed E-state index contributed by atoms with van der Waals surface area (Å²) < 4.78 is 10.7. The highest BCUT2D eigenvalue weighted by Gasteiger charge is 2.03. The second-order valence-corrected chi connectivity index (χ2v) is 3.75. The maximum atomic E-state index is 5.74. The van der Waals surface area contributed by atoms with Gasteiger partial charge in [0.15, 0.2) is 0 Å². The number of aromatic nitrogens is 1. The van der Waals surface area contributed by atoms with Gasteiger partial charge in [-0.1, -0.05) is 18.2 Å². The van der Waals surface area contributed by atoms with Crippen molar-refractivity contribution in [1.82, 2.24) is 4.98 Å². The van der Waals surface area contributed by atoms with Crippen molar-refractivity contribution in [2.24, 2.45) is 0 Å². The molecule has 0 bridgehead atoms. The van der Waals surface area contributed by atoms with Gasteiger partial charge >= 0.3 is 0 Å². The number of pyridine rings is 1. The second-order valence-electron chi connectivity index (χ2n) is 3.75. The van der Waals surface area contributed by atoms with Crippen molar-refractivity contribution >= 4 is 23.3 Å². The van der Waals surface area contributed by atoms with E-state index < -0.39 is 0 Å². The molecule has 0 unspecified atom stereocenters. The van der Waals surface area contributed by atoms with E-state index in [4.69, 9.17) is 9.15 Å². The monoisotopic (exact) mass is 261 g/mol. The molecule has 92 valence electrons. The van der Waals surface area contributed by atoms with E-state index in [1.807, 2.05) is 36.4 Å². The minimum atomic E-state index is 0. The molecule has 0 aliphatic heterocycles. The zero-order valence-corrected chi connectivity index (χ0v) is 10.4. The van der Waals surface area contributed by atoms with E-state index in [9.17, 15) is 0 Å². The van der Waals surface area contributed by atoms with Crippen LogP contribution >= 0.6 is 12.4 Å². The molecule has 2 heterocycles. The van der Waals surface area contributed by atoms with Crippen LogP contribution in [-0.2, 0) is 6.61 Å². The van der Waals surface area contributed by atoms with Crippen LogP contribution in [0.2, 0.25) is 0 Å². The number of fused-ring (bicyclic) bond motifs is 1. The van der Waals surface area contributed by atoms with Gasteiger partial charge < -0.3 is 9.15 Å². The molecule has 0 atom stereocenters. The van der Waals surface area contributed by atoms with Crippen LogP contribution in [0.3, 0.4) is 0 Å². The van der Waals surface area contributed by atoms with Crippen molar-refractivity contribution in [3.8, 4) is 5.75 Å². The molecule has 3 nitrogen and oxygen atoms in total. The zero-order valence-electron chi connectivity index (χ0n) is 9.58. The fourth-order valence-corrected chi connectivity index (χ4v) is 1.73. The largest absolute Gasteiger partial charge is 0.486 e. The summed E-state index contributed by atoms with van der Waals surface area (Å²) in [5.41, 5.74) is 1.90. The predicted molar refractivity (Wildman–Crippen MR) is 72.0 cm³/mol. The summed E-state index contributed by atoms with van der Waals surface area (Å²) in [5, 5.41) is 1.08. The summed E-state index contributed by atoms with van der Waals surface area (Å²) in [6.45, 7) is 0.492. The van der Waals surface area contributed by atoms with Crippen LogP contribution in [0, 0.1) is 0 Å². The molecule has 1 aromatic carbocycles. The Hall–Kier alpha value is -2.00. The number of rotatable bonds is 3. The van der Waals surface area contributed by atoms with Gasteiger partial charge in [0.25, 0.3) is 0 Å². The zero-order chi connectivity index (χ0) is 11.5. The van der Waals surface area contributed by atoms with E-state index in [1.54, 1.807) is 18.7 Å². The van der Waals surface area contributed by atoms with Gasteiger partial charge in [0.2, 0.25) is 0 Å². The van der Waals surface area contributed by atoms with Gasteiger partial charge in [0.05, 0.1) is 12.5 Å². The molecule has 2 aromatic heterocycles. The molecule has 0 radical (unpaired) electrons. The van der Waals surface area contributed by atoms with Gasteiger partial charge in [-0.2, -0.15) is 0 Å². The summed E-state index contributed by atoms with van der Waals surface area (Å²) in [6, 6.07) is 11.7. The Morgan fingerprint density at radius 1 is 1.11 bits per heavy atom. The Morgan fingerprint density at radius 2 is 2.00 bits per heavy atom. The van der Waals surface area contributed by atoms with Crippen LogP contribution in [0.5, 0.6) is 5.75 Å². The first-order valence-corrected chi connectivity index (χ1v) is 5.41. The molecular formula is C14H12ClNO2. The molecule has 0 spiro atoms. The van der Waals surface area contributed by atoms with Gasteiger partial charge in [0, 0.05) is 17.1 Å². The highest BCUT2D eigenvalue weighted by molar-refractivity contribution is 5.85. The van der Waals surface area contributed by atoms with E-state index in [-0.39, 0.29) is 12.4 Å². The lowest BCUT2D eigenvalue weighted by atomic mass is 10.2. The predicted octanol–water partition coefficient (Wildman–Crippen LogP) is 3.83. The Labute approximate surface area is 111 Å². The molecule has 0 fully saturated rings. The SMILES string of the molecule is Cl.c1cnc2c(OCc3ccoc3)cccc2c1. The molecule has 0 saturated heterocycles. The van der Waals surface area contributed by atoms with Crippen LogP contribution in [0.1, 0.15) is 5.56 Å². The van der Waals surface area contributed by atoms with Crippen molar-refractivity contribution in [1.29, 1.82) is 0 Å². The smallest absolute Gasteiger partial charge is 0.146 e. The van der Waals surface area contributed by atoms with E-state index in [2.05, 4.69) is 4.98 Å². The third kappa shape index (κ3) is 2.46. The minimum Gasteiger partial charge on any atom is -0.486 e. The van der Waals surface area contributed by atoms with Crippen LogP contribution in [0.4, 0.5) is 0 Å². The number of hydrogen-bond acceptors (Lipinski definition) is 3. The Balaban J connectivity index is 0.00000120. The van der Waals surface area contributed by atoms with Crippen molar-refractivity contribution < 1.29 is 9.15 Å². The first-order valence-electron chi connectivity index (χ1n) is 5.41. The highest BCUT2D eigenvalue weighted by Crippen LogP contribution is 2.23. The molecule has 0 saturated carbocycles. The summed E-state index contributed by atoms with van der Waals surface area (Å²) in [4.78, 5) is 4.33. The third-order valence-electron chi connectivity index (χ3n) is 2.57. The van der Waals surface area contributed by atoms with Crippen LogP contribution in [0.25, 0.3) is 10.9 Å². The summed E-state index contributed by atoms with van der Waals surface area (Å²) in [5.74, 6) is 0.796. The Kier molecular flexibility index (Phi) is 3.85. The Morgan fingerprint density at radius 3 is 2.83 bits per heavy atom. The molecule has 0 N–H and O–H groups in total. The lowest BCUT2D eigenvalue weighted by Crippen LogP contribution is -1.95. The first-order chi connectivity index (χ1) is 8.43. The lowest BCUT2D eigenvalue weighted by molar-refractivity contribution is 0.308. The fourth-order valence-electron chi connectivity index (χ4n) is 1.73. The van der Waals surface area contributed by atoms with E-state index in [0.29, 0.717) is 6.61 Å². The summed E-state index contributed by atoms with van der Waals surface area (Å²) in [6.07, 6.45) is 5.09. The topological polar surface area (TPSA) is 35.3 Å². The highest BCUT2D eigenvalue weighted by atomic mass is 35.5. The number of para-hydroxylation sites is 1. The maximum absolute atomic E-state index is 5.74. The molecule has 0 amide bonds. The average Bonchev–Trinajstić information content (AvgIpc) is 2.89. The summed E-state index contributed by atoms with van der Waals surface area (Å²) in [7, 11) is 0. The normalized spacial score (nSPS) is 10.0. The van der Waals surface area contributed by atoms with E-state index in [1.165, 1.54) is 0 Å². The molecule has 3 aromatic rings. The van der Waals surface area contributed by atoms with Gasteiger partial charge in [-0.25, -0.2) is 0 Å². The van der Waals surface area contributed by atoms with Crippen molar-refractivity contribution in [3.63, 3.8) is 0 Å². The minimum absolute atomic E-state index is 0. The molecule has 3 rings (SSSR count). The first kappa shape index (κ1) is 12.5. The van der Waals surface area contributed by atoms with Gasteiger partial charge in [0.1, 0.15) is 17.9 Å². The molecule has 4 heteroatoms. The average molecular weight is 262 g/mol. The van der Waals surface area contributed by atoms with Crippen LogP contribution in [0.15, 0.2) is 59.5 Å². The van der Waals surface area contributed by atoms with Gasteiger partial charge in [-0.3, -0.25) is 4.98 Å². The van der Waals surface area contributed by atoms with Crippen molar-refractivity contribution in [2.45, 2.75) is 6.61 Å². The maximum Gasteiger partial charge on any atom is 0.146 e. The van der Waals surface area contributed by atoms with Crippen molar-refractivity contribution in [2.75, 3.05) is 0 Å². The quantitative estimate of drug-likeness (QED) is 0.719. The number of ether oxygens (including phenoxy) is 1. The van der Waals surface area contributed by atoms with Crippen LogP contribution < -0.4 is 4.74 Å². The fraction of sp³-hybridized carbons (Fsp3) is 0.0714. The molecule has 18 heavy (non-hydrogen) atoms. The lowest BCUT2D eigenvalue weighted by Gasteiger charge is -2.06. The number of benzene rings is 1. The second kappa shape index (κ2) is 5.56. The number of hydrogen-bond donors (Lipinski definition) is 0. The third-order valence-corrected chi connectivity index (χ3v) is 2.57. The van der Waals surface area contributed by atoms with Crippen molar-refractivity contribution in [3.05, 3.63) is 60.7 Å². The van der Waals surface area contributed by atoms with Gasteiger partial charge in [-0.05, 0) is 18.2 Å². The molecule has 0 aliphatic carbocycles. The Bertz CT molecular complexity index is 617. The summed E-state index contributed by atoms with van der Waals surface area (Å²) >= 11 is 0. The van der Waals surface area contributed by atoms with E-state index >= 15 is 0 Å². The van der Waals surface area contributed by atoms with E-state index in [0.717, 1.165) is 22.2 Å². The number of furan rings is 1.